The topological polar surface area (TPSA) is 100 Å². The number of aliphatic hydroxyl groups excluding tert-OH is 1. The maximum Gasteiger partial charge on any atom is 0.321 e. The summed E-state index contributed by atoms with van der Waals surface area (Å²) in [4.78, 5) is 16.3. The van der Waals surface area contributed by atoms with Gasteiger partial charge in [-0.05, 0) is 25.0 Å². The van der Waals surface area contributed by atoms with Crippen LogP contribution in [0.1, 0.15) is 26.2 Å². The summed E-state index contributed by atoms with van der Waals surface area (Å²) in [5.74, 6) is 0. The van der Waals surface area contributed by atoms with E-state index < -0.39 is 0 Å². The molecule has 7 nitrogen and oxygen atoms in total. The molecular weight excluding hydrogens is 314 g/mol. The van der Waals surface area contributed by atoms with Gasteiger partial charge in [0.15, 0.2) is 5.01 Å². The van der Waals surface area contributed by atoms with Crippen molar-refractivity contribution in [2.75, 3.05) is 11.9 Å². The molecule has 0 unspecified atom stereocenters. The molecule has 0 spiro atoms. The van der Waals surface area contributed by atoms with E-state index in [1.165, 1.54) is 11.3 Å². The maximum atomic E-state index is 12.1. The monoisotopic (exact) mass is 333 g/mol. The van der Waals surface area contributed by atoms with Crippen LogP contribution < -0.4 is 10.6 Å². The van der Waals surface area contributed by atoms with Gasteiger partial charge in [0.05, 0.1) is 6.61 Å². The number of aliphatic hydroxyl groups is 1. The second kappa shape index (κ2) is 6.59. The van der Waals surface area contributed by atoms with E-state index in [1.54, 1.807) is 6.20 Å². The molecule has 2 aromatic heterocycles. The fraction of sp³-hybridized carbons (Fsp3) is 0.467. The minimum Gasteiger partial charge on any atom is -0.396 e. The number of nitrogens with one attached hydrogen (secondary N) is 2. The van der Waals surface area contributed by atoms with Crippen LogP contribution >= 0.6 is 11.3 Å². The average Bonchev–Trinajstić information content (AvgIpc) is 3.16. The van der Waals surface area contributed by atoms with Crippen LogP contribution in [0.4, 0.5) is 9.93 Å². The van der Waals surface area contributed by atoms with Crippen molar-refractivity contribution < 1.29 is 9.90 Å². The number of rotatable bonds is 4. The van der Waals surface area contributed by atoms with Crippen molar-refractivity contribution in [3.8, 4) is 10.7 Å². The Morgan fingerprint density at radius 3 is 3.09 bits per heavy atom. The summed E-state index contributed by atoms with van der Waals surface area (Å²) in [6.45, 7) is 2.07. The molecule has 0 radical (unpaired) electrons. The number of pyridine rings is 1. The number of hydrogen-bond donors (Lipinski definition) is 3. The van der Waals surface area contributed by atoms with Gasteiger partial charge in [-0.15, -0.1) is 10.2 Å². The molecule has 2 atom stereocenters. The van der Waals surface area contributed by atoms with Crippen molar-refractivity contribution in [1.82, 2.24) is 20.5 Å². The number of amides is 2. The molecule has 2 amide bonds. The molecule has 3 rings (SSSR count). The Balaban J connectivity index is 1.62. The van der Waals surface area contributed by atoms with Crippen molar-refractivity contribution in [3.05, 3.63) is 24.4 Å². The van der Waals surface area contributed by atoms with E-state index in [1.807, 2.05) is 25.1 Å². The molecule has 23 heavy (non-hydrogen) atoms. The molecule has 0 aliphatic heterocycles. The predicted octanol–water partition coefficient (Wildman–Crippen LogP) is 2.27. The fourth-order valence-electron chi connectivity index (χ4n) is 2.83. The van der Waals surface area contributed by atoms with Gasteiger partial charge in [0.25, 0.3) is 0 Å². The third kappa shape index (κ3) is 3.48. The van der Waals surface area contributed by atoms with Gasteiger partial charge in [0, 0.05) is 17.7 Å². The number of aromatic nitrogens is 3. The molecule has 2 heterocycles. The molecule has 1 aliphatic carbocycles. The highest BCUT2D eigenvalue weighted by molar-refractivity contribution is 7.18. The Hall–Kier alpha value is -2.06. The van der Waals surface area contributed by atoms with Crippen LogP contribution in [0.5, 0.6) is 0 Å². The van der Waals surface area contributed by atoms with E-state index in [0.29, 0.717) is 10.1 Å². The highest BCUT2D eigenvalue weighted by Gasteiger charge is 2.39. The van der Waals surface area contributed by atoms with Crippen LogP contribution in [-0.2, 0) is 0 Å². The first-order valence-electron chi connectivity index (χ1n) is 7.54. The zero-order valence-electron chi connectivity index (χ0n) is 12.8. The van der Waals surface area contributed by atoms with Gasteiger partial charge in [-0.25, -0.2) is 4.79 Å². The third-order valence-electron chi connectivity index (χ3n) is 4.28. The number of nitrogens with zero attached hydrogens (tertiary/aromatic N) is 3. The zero-order chi connectivity index (χ0) is 16.3. The molecule has 8 heteroatoms. The van der Waals surface area contributed by atoms with Crippen LogP contribution in [-0.4, -0.2) is 39.0 Å². The average molecular weight is 333 g/mol. The molecule has 1 saturated carbocycles. The summed E-state index contributed by atoms with van der Waals surface area (Å²) in [6.07, 6.45) is 4.48. The van der Waals surface area contributed by atoms with Crippen molar-refractivity contribution >= 4 is 22.5 Å². The zero-order valence-corrected chi connectivity index (χ0v) is 13.6. The lowest BCUT2D eigenvalue weighted by atomic mass is 9.86. The number of carbonyl (C=O) groups excluding carboxylic acids is 1. The SMILES string of the molecule is C[C@@]1(CO)CCC[C@@H]1NC(=O)Nc1nnc(-c2ccccn2)s1. The second-order valence-electron chi connectivity index (χ2n) is 5.98. The van der Waals surface area contributed by atoms with Gasteiger partial charge in [0.1, 0.15) is 5.69 Å². The molecule has 122 valence electrons. The van der Waals surface area contributed by atoms with E-state index in [9.17, 15) is 9.90 Å². The maximum absolute atomic E-state index is 12.1. The van der Waals surface area contributed by atoms with Gasteiger partial charge in [-0.2, -0.15) is 0 Å². The Morgan fingerprint density at radius 1 is 1.48 bits per heavy atom. The Labute approximate surface area is 138 Å². The van der Waals surface area contributed by atoms with Crippen molar-refractivity contribution in [1.29, 1.82) is 0 Å². The minimum atomic E-state index is -0.319. The van der Waals surface area contributed by atoms with E-state index in [-0.39, 0.29) is 24.1 Å². The van der Waals surface area contributed by atoms with E-state index in [2.05, 4.69) is 25.8 Å². The van der Waals surface area contributed by atoms with E-state index in [0.717, 1.165) is 25.0 Å². The summed E-state index contributed by atoms with van der Waals surface area (Å²) < 4.78 is 0. The summed E-state index contributed by atoms with van der Waals surface area (Å²) in [7, 11) is 0. The van der Waals surface area contributed by atoms with Crippen LogP contribution in [0.2, 0.25) is 0 Å². The van der Waals surface area contributed by atoms with E-state index in [4.69, 9.17) is 0 Å². The van der Waals surface area contributed by atoms with Crippen molar-refractivity contribution in [2.24, 2.45) is 5.41 Å². The number of hydrogen-bond acceptors (Lipinski definition) is 6. The fourth-order valence-corrected chi connectivity index (χ4v) is 3.54. The molecule has 0 saturated heterocycles. The largest absolute Gasteiger partial charge is 0.396 e. The summed E-state index contributed by atoms with van der Waals surface area (Å²) in [6, 6.07) is 5.20. The van der Waals surface area contributed by atoms with Crippen LogP contribution in [0.25, 0.3) is 10.7 Å². The van der Waals surface area contributed by atoms with E-state index >= 15 is 0 Å². The quantitative estimate of drug-likeness (QED) is 0.797. The molecule has 1 fully saturated rings. The smallest absolute Gasteiger partial charge is 0.321 e. The van der Waals surface area contributed by atoms with Gasteiger partial charge >= 0.3 is 6.03 Å². The predicted molar refractivity (Wildman–Crippen MR) is 88.1 cm³/mol. The summed E-state index contributed by atoms with van der Waals surface area (Å²) in [5.41, 5.74) is 0.472. The minimum absolute atomic E-state index is 0.0318. The lowest BCUT2D eigenvalue weighted by Gasteiger charge is -2.29. The highest BCUT2D eigenvalue weighted by atomic mass is 32.1. The summed E-state index contributed by atoms with van der Waals surface area (Å²) in [5, 5.41) is 24.3. The van der Waals surface area contributed by atoms with Gasteiger partial charge < -0.3 is 10.4 Å². The Kier molecular flexibility index (Phi) is 4.53. The number of carbonyl (C=O) groups is 1. The molecule has 2 aromatic rings. The lowest BCUT2D eigenvalue weighted by molar-refractivity contribution is 0.122. The first-order valence-corrected chi connectivity index (χ1v) is 8.36. The number of urea groups is 1. The highest BCUT2D eigenvalue weighted by Crippen LogP contribution is 2.37. The second-order valence-corrected chi connectivity index (χ2v) is 6.96. The molecular formula is C15H19N5O2S. The van der Waals surface area contributed by atoms with Crippen molar-refractivity contribution in [2.45, 2.75) is 32.2 Å². The van der Waals surface area contributed by atoms with Crippen molar-refractivity contribution in [3.63, 3.8) is 0 Å². The van der Waals surface area contributed by atoms with Crippen LogP contribution in [0.3, 0.4) is 0 Å². The van der Waals surface area contributed by atoms with Gasteiger partial charge in [-0.3, -0.25) is 10.3 Å². The number of anilines is 1. The lowest BCUT2D eigenvalue weighted by Crippen LogP contribution is -2.46. The molecule has 0 bridgehead atoms. The molecule has 3 N–H and O–H groups in total. The van der Waals surface area contributed by atoms with Gasteiger partial charge in [-0.1, -0.05) is 30.7 Å². The Morgan fingerprint density at radius 2 is 2.35 bits per heavy atom. The standard InChI is InChI=1S/C15H19N5O2S/c1-15(9-21)7-4-6-11(15)17-13(22)18-14-20-19-12(23-14)10-5-2-3-8-16-10/h2-3,5,8,11,21H,4,6-7,9H2,1H3,(H2,17,18,20,22)/t11-,15-/m0/s1. The van der Waals surface area contributed by atoms with Crippen LogP contribution in [0.15, 0.2) is 24.4 Å². The van der Waals surface area contributed by atoms with Gasteiger partial charge in [0.2, 0.25) is 5.13 Å². The Bertz CT molecular complexity index is 678. The molecule has 1 aliphatic rings. The molecule has 0 aromatic carbocycles. The van der Waals surface area contributed by atoms with Crippen LogP contribution in [0, 0.1) is 5.41 Å². The first kappa shape index (κ1) is 15.8. The first-order chi connectivity index (χ1) is 11.1. The summed E-state index contributed by atoms with van der Waals surface area (Å²) >= 11 is 1.27. The third-order valence-corrected chi connectivity index (χ3v) is 5.14. The normalized spacial score (nSPS) is 23.7.